The third kappa shape index (κ3) is 3.47. The van der Waals surface area contributed by atoms with Crippen LogP contribution in [0.15, 0.2) is 30.3 Å². The molecule has 1 amide bonds. The van der Waals surface area contributed by atoms with Crippen LogP contribution in [-0.2, 0) is 0 Å². The number of benzene rings is 1. The normalized spacial score (nSPS) is 16.6. The Morgan fingerprint density at radius 3 is 2.56 bits per heavy atom. The largest absolute Gasteiger partial charge is 0.415 e. The zero-order chi connectivity index (χ0) is 12.8. The van der Waals surface area contributed by atoms with Crippen molar-refractivity contribution in [2.24, 2.45) is 11.7 Å². The van der Waals surface area contributed by atoms with Crippen molar-refractivity contribution in [2.75, 3.05) is 19.6 Å². The van der Waals surface area contributed by atoms with Gasteiger partial charge < -0.3 is 15.4 Å². The minimum absolute atomic E-state index is 0.243. The second kappa shape index (κ2) is 6.40. The van der Waals surface area contributed by atoms with Crippen LogP contribution in [0.4, 0.5) is 4.79 Å². The third-order valence-electron chi connectivity index (χ3n) is 3.40. The number of rotatable bonds is 3. The quantitative estimate of drug-likeness (QED) is 0.892. The minimum Gasteiger partial charge on any atom is -0.410 e. The topological polar surface area (TPSA) is 55.6 Å². The van der Waals surface area contributed by atoms with Crippen LogP contribution in [0.5, 0.6) is 5.75 Å². The molecule has 0 atom stereocenters. The molecule has 1 fully saturated rings. The summed E-state index contributed by atoms with van der Waals surface area (Å²) < 4.78 is 5.31. The predicted molar refractivity (Wildman–Crippen MR) is 70.4 cm³/mol. The van der Waals surface area contributed by atoms with Crippen LogP contribution in [0.3, 0.4) is 0 Å². The Balaban J connectivity index is 1.81. The summed E-state index contributed by atoms with van der Waals surface area (Å²) in [4.78, 5) is 13.7. The van der Waals surface area contributed by atoms with Crippen molar-refractivity contribution in [2.45, 2.75) is 19.3 Å². The molecule has 1 aromatic carbocycles. The average molecular weight is 248 g/mol. The molecule has 0 bridgehead atoms. The maximum Gasteiger partial charge on any atom is 0.415 e. The van der Waals surface area contributed by atoms with Gasteiger partial charge in [0.2, 0.25) is 0 Å². The molecule has 1 aliphatic heterocycles. The highest BCUT2D eigenvalue weighted by atomic mass is 16.6. The van der Waals surface area contributed by atoms with E-state index in [4.69, 9.17) is 10.5 Å². The Labute approximate surface area is 108 Å². The molecule has 1 aromatic rings. The van der Waals surface area contributed by atoms with Gasteiger partial charge in [0.15, 0.2) is 0 Å². The van der Waals surface area contributed by atoms with E-state index in [1.807, 2.05) is 18.2 Å². The summed E-state index contributed by atoms with van der Waals surface area (Å²) in [5.74, 6) is 1.27. The van der Waals surface area contributed by atoms with E-state index in [0.29, 0.717) is 11.7 Å². The number of likely N-dealkylation sites (tertiary alicyclic amines) is 1. The van der Waals surface area contributed by atoms with E-state index in [0.717, 1.165) is 38.9 Å². The Morgan fingerprint density at radius 2 is 1.94 bits per heavy atom. The first-order valence-electron chi connectivity index (χ1n) is 6.51. The monoisotopic (exact) mass is 248 g/mol. The van der Waals surface area contributed by atoms with Gasteiger partial charge in [-0.25, -0.2) is 4.79 Å². The molecule has 18 heavy (non-hydrogen) atoms. The number of nitrogens with two attached hydrogens (primary N) is 1. The maximum absolute atomic E-state index is 11.9. The highest BCUT2D eigenvalue weighted by molar-refractivity contribution is 5.70. The zero-order valence-corrected chi connectivity index (χ0v) is 10.5. The highest BCUT2D eigenvalue weighted by Crippen LogP contribution is 2.21. The Morgan fingerprint density at radius 1 is 1.28 bits per heavy atom. The SMILES string of the molecule is NCCC1CCN(C(=O)Oc2ccccc2)CC1. The van der Waals surface area contributed by atoms with Crippen LogP contribution in [0.1, 0.15) is 19.3 Å². The number of piperidine rings is 1. The Bertz CT molecular complexity index is 373. The van der Waals surface area contributed by atoms with Gasteiger partial charge in [-0.05, 0) is 43.9 Å². The summed E-state index contributed by atoms with van der Waals surface area (Å²) >= 11 is 0. The van der Waals surface area contributed by atoms with Crippen LogP contribution in [0.25, 0.3) is 0 Å². The average Bonchev–Trinajstić information content (AvgIpc) is 2.41. The first-order valence-corrected chi connectivity index (χ1v) is 6.51. The lowest BCUT2D eigenvalue weighted by molar-refractivity contribution is 0.130. The molecule has 4 heteroatoms. The summed E-state index contributed by atoms with van der Waals surface area (Å²) in [5, 5.41) is 0. The van der Waals surface area contributed by atoms with Crippen LogP contribution in [0, 0.1) is 5.92 Å². The number of para-hydroxylation sites is 1. The van der Waals surface area contributed by atoms with Crippen LogP contribution >= 0.6 is 0 Å². The van der Waals surface area contributed by atoms with Gasteiger partial charge in [0, 0.05) is 13.1 Å². The summed E-state index contributed by atoms with van der Waals surface area (Å²) in [6.45, 7) is 2.28. The number of hydrogen-bond acceptors (Lipinski definition) is 3. The molecule has 2 rings (SSSR count). The number of nitrogens with zero attached hydrogens (tertiary/aromatic N) is 1. The molecule has 2 N–H and O–H groups in total. The molecule has 1 aliphatic rings. The molecule has 1 saturated heterocycles. The Kier molecular flexibility index (Phi) is 4.59. The number of carbonyl (C=O) groups is 1. The second-order valence-corrected chi connectivity index (χ2v) is 4.69. The molecule has 0 aromatic heterocycles. The number of ether oxygens (including phenoxy) is 1. The summed E-state index contributed by atoms with van der Waals surface area (Å²) in [7, 11) is 0. The van der Waals surface area contributed by atoms with Gasteiger partial charge in [-0.2, -0.15) is 0 Å². The minimum atomic E-state index is -0.243. The van der Waals surface area contributed by atoms with Gasteiger partial charge in [0.1, 0.15) is 5.75 Å². The van der Waals surface area contributed by atoms with Gasteiger partial charge in [-0.1, -0.05) is 18.2 Å². The smallest absolute Gasteiger partial charge is 0.410 e. The molecule has 98 valence electrons. The van der Waals surface area contributed by atoms with Crippen molar-refractivity contribution in [3.05, 3.63) is 30.3 Å². The molecule has 0 unspecified atom stereocenters. The first kappa shape index (κ1) is 12.9. The number of amides is 1. The summed E-state index contributed by atoms with van der Waals surface area (Å²) in [6.07, 6.45) is 2.87. The molecular weight excluding hydrogens is 228 g/mol. The fourth-order valence-corrected chi connectivity index (χ4v) is 2.29. The molecule has 0 saturated carbocycles. The molecule has 4 nitrogen and oxygen atoms in total. The third-order valence-corrected chi connectivity index (χ3v) is 3.40. The lowest BCUT2D eigenvalue weighted by atomic mass is 9.94. The zero-order valence-electron chi connectivity index (χ0n) is 10.5. The van der Waals surface area contributed by atoms with Crippen molar-refractivity contribution in [1.82, 2.24) is 4.90 Å². The fourth-order valence-electron chi connectivity index (χ4n) is 2.29. The summed E-state index contributed by atoms with van der Waals surface area (Å²) in [5.41, 5.74) is 5.55. The van der Waals surface area contributed by atoms with Crippen molar-refractivity contribution in [3.8, 4) is 5.75 Å². The molecular formula is C14H20N2O2. The van der Waals surface area contributed by atoms with Gasteiger partial charge in [-0.3, -0.25) is 0 Å². The van der Waals surface area contributed by atoms with E-state index in [-0.39, 0.29) is 6.09 Å². The van der Waals surface area contributed by atoms with E-state index < -0.39 is 0 Å². The van der Waals surface area contributed by atoms with E-state index >= 15 is 0 Å². The fraction of sp³-hybridized carbons (Fsp3) is 0.500. The van der Waals surface area contributed by atoms with E-state index in [2.05, 4.69) is 0 Å². The van der Waals surface area contributed by atoms with E-state index in [1.54, 1.807) is 17.0 Å². The van der Waals surface area contributed by atoms with Gasteiger partial charge >= 0.3 is 6.09 Å². The summed E-state index contributed by atoms with van der Waals surface area (Å²) in [6, 6.07) is 9.19. The van der Waals surface area contributed by atoms with Crippen molar-refractivity contribution < 1.29 is 9.53 Å². The Hall–Kier alpha value is -1.55. The molecule has 1 heterocycles. The molecule has 0 spiro atoms. The lowest BCUT2D eigenvalue weighted by Gasteiger charge is -2.31. The van der Waals surface area contributed by atoms with Crippen LogP contribution < -0.4 is 10.5 Å². The van der Waals surface area contributed by atoms with Gasteiger partial charge in [0.25, 0.3) is 0 Å². The first-order chi connectivity index (χ1) is 8.79. The highest BCUT2D eigenvalue weighted by Gasteiger charge is 2.23. The number of carbonyl (C=O) groups excluding carboxylic acids is 1. The van der Waals surface area contributed by atoms with E-state index in [9.17, 15) is 4.79 Å². The van der Waals surface area contributed by atoms with Crippen molar-refractivity contribution in [3.63, 3.8) is 0 Å². The van der Waals surface area contributed by atoms with Gasteiger partial charge in [0.05, 0.1) is 0 Å². The second-order valence-electron chi connectivity index (χ2n) is 4.69. The van der Waals surface area contributed by atoms with Gasteiger partial charge in [-0.15, -0.1) is 0 Å². The van der Waals surface area contributed by atoms with Crippen LogP contribution in [0.2, 0.25) is 0 Å². The molecule has 0 radical (unpaired) electrons. The number of hydrogen-bond donors (Lipinski definition) is 1. The maximum atomic E-state index is 11.9. The standard InChI is InChI=1S/C14H20N2O2/c15-9-6-12-7-10-16(11-8-12)14(17)18-13-4-2-1-3-5-13/h1-5,12H,6-11,15H2. The molecule has 0 aliphatic carbocycles. The lowest BCUT2D eigenvalue weighted by Crippen LogP contribution is -2.40. The van der Waals surface area contributed by atoms with Crippen molar-refractivity contribution in [1.29, 1.82) is 0 Å². The van der Waals surface area contributed by atoms with Crippen LogP contribution in [-0.4, -0.2) is 30.6 Å². The predicted octanol–water partition coefficient (Wildman–Crippen LogP) is 2.25. The van der Waals surface area contributed by atoms with E-state index in [1.165, 1.54) is 0 Å². The van der Waals surface area contributed by atoms with Crippen molar-refractivity contribution >= 4 is 6.09 Å².